The average Bonchev–Trinajstić information content (AvgIpc) is 3.37. The quantitative estimate of drug-likeness (QED) is 0.704. The molecule has 4 rings (SSSR count). The molecule has 1 saturated carbocycles. The van der Waals surface area contributed by atoms with E-state index in [1.165, 1.54) is 0 Å². The van der Waals surface area contributed by atoms with Crippen LogP contribution in [0.2, 0.25) is 0 Å². The molecule has 7 heteroatoms. The summed E-state index contributed by atoms with van der Waals surface area (Å²) in [6.07, 6.45) is 11.1. The fourth-order valence-corrected chi connectivity index (χ4v) is 3.47. The predicted molar refractivity (Wildman–Crippen MR) is 119 cm³/mol. The molecule has 0 saturated heterocycles. The van der Waals surface area contributed by atoms with Crippen molar-refractivity contribution in [2.75, 3.05) is 6.54 Å². The molecule has 2 aliphatic rings. The molecule has 2 aromatic rings. The summed E-state index contributed by atoms with van der Waals surface area (Å²) in [7, 11) is 1.87. The number of hydrogen-bond donors (Lipinski definition) is 2. The van der Waals surface area contributed by atoms with Crippen molar-refractivity contribution in [3.05, 3.63) is 71.5 Å². The van der Waals surface area contributed by atoms with E-state index in [0.29, 0.717) is 35.6 Å². The Labute approximate surface area is 181 Å². The highest BCUT2D eigenvalue weighted by atomic mass is 19.1. The lowest BCUT2D eigenvalue weighted by Gasteiger charge is -2.26. The van der Waals surface area contributed by atoms with Crippen LogP contribution in [0.5, 0.6) is 5.75 Å². The van der Waals surface area contributed by atoms with Gasteiger partial charge in [-0.1, -0.05) is 18.2 Å². The summed E-state index contributed by atoms with van der Waals surface area (Å²) in [5.74, 6) is 0.491. The molecule has 0 atom stereocenters. The molecule has 1 aliphatic heterocycles. The van der Waals surface area contributed by atoms with Gasteiger partial charge in [0.2, 0.25) is 0 Å². The minimum absolute atomic E-state index is 0.117. The van der Waals surface area contributed by atoms with Crippen LogP contribution in [0.4, 0.5) is 4.39 Å². The second-order valence-electron chi connectivity index (χ2n) is 7.83. The number of allylic oxidation sites excluding steroid dienone is 1. The number of amidine groups is 1. The van der Waals surface area contributed by atoms with Gasteiger partial charge in [0.1, 0.15) is 5.84 Å². The van der Waals surface area contributed by atoms with Crippen LogP contribution in [0.1, 0.15) is 48.5 Å². The Balaban J connectivity index is 1.37. The van der Waals surface area contributed by atoms with E-state index in [4.69, 9.17) is 4.74 Å². The number of amides is 1. The average molecular weight is 423 g/mol. The first-order valence-corrected chi connectivity index (χ1v) is 10.6. The monoisotopic (exact) mass is 422 g/mol. The molecule has 1 fully saturated rings. The SMILES string of the molecule is C/C=C(/CNC(=O)c1ccn(C)c1)NC1=NC(c2cccc(OC3CCC3)c2F)=CC1. The smallest absolute Gasteiger partial charge is 0.253 e. The summed E-state index contributed by atoms with van der Waals surface area (Å²) in [4.78, 5) is 16.8. The number of aliphatic imine (C=N–C) groups is 1. The van der Waals surface area contributed by atoms with Crippen molar-refractivity contribution in [1.29, 1.82) is 0 Å². The van der Waals surface area contributed by atoms with E-state index < -0.39 is 0 Å². The van der Waals surface area contributed by atoms with Crippen LogP contribution in [0.25, 0.3) is 5.70 Å². The maximum atomic E-state index is 15.0. The first-order valence-electron chi connectivity index (χ1n) is 10.6. The Morgan fingerprint density at radius 1 is 1.35 bits per heavy atom. The zero-order valence-electron chi connectivity index (χ0n) is 17.8. The van der Waals surface area contributed by atoms with Crippen LogP contribution in [0.15, 0.2) is 59.5 Å². The van der Waals surface area contributed by atoms with Gasteiger partial charge >= 0.3 is 0 Å². The first kappa shape index (κ1) is 20.9. The number of carbonyl (C=O) groups is 1. The van der Waals surface area contributed by atoms with Crippen LogP contribution in [0, 0.1) is 5.82 Å². The Kier molecular flexibility index (Phi) is 6.21. The first-order chi connectivity index (χ1) is 15.0. The number of benzene rings is 1. The van der Waals surface area contributed by atoms with Crippen molar-refractivity contribution in [2.24, 2.45) is 12.0 Å². The molecular weight excluding hydrogens is 395 g/mol. The molecule has 0 spiro atoms. The molecule has 31 heavy (non-hydrogen) atoms. The van der Waals surface area contributed by atoms with Crippen molar-refractivity contribution < 1.29 is 13.9 Å². The molecule has 1 aliphatic carbocycles. The number of nitrogens with one attached hydrogen (secondary N) is 2. The largest absolute Gasteiger partial charge is 0.487 e. The van der Waals surface area contributed by atoms with Gasteiger partial charge in [0, 0.05) is 37.1 Å². The maximum Gasteiger partial charge on any atom is 0.253 e. The second kappa shape index (κ2) is 9.20. The lowest BCUT2D eigenvalue weighted by atomic mass is 9.96. The van der Waals surface area contributed by atoms with E-state index in [0.717, 1.165) is 25.0 Å². The Morgan fingerprint density at radius 3 is 2.87 bits per heavy atom. The number of rotatable bonds is 7. The molecule has 0 bridgehead atoms. The lowest BCUT2D eigenvalue weighted by molar-refractivity contribution is 0.0956. The third-order valence-electron chi connectivity index (χ3n) is 5.52. The molecule has 6 nitrogen and oxygen atoms in total. The van der Waals surface area contributed by atoms with Gasteiger partial charge in [0.05, 0.1) is 23.9 Å². The van der Waals surface area contributed by atoms with E-state index in [1.807, 2.05) is 36.9 Å². The topological polar surface area (TPSA) is 67.7 Å². The maximum absolute atomic E-state index is 15.0. The molecule has 162 valence electrons. The van der Waals surface area contributed by atoms with Crippen LogP contribution in [-0.2, 0) is 7.05 Å². The molecule has 2 N–H and O–H groups in total. The number of aromatic nitrogens is 1. The van der Waals surface area contributed by atoms with Crippen molar-refractivity contribution in [1.82, 2.24) is 15.2 Å². The molecule has 0 unspecified atom stereocenters. The molecule has 0 radical (unpaired) electrons. The number of halogens is 1. The molecule has 2 heterocycles. The van der Waals surface area contributed by atoms with Gasteiger partial charge in [0.25, 0.3) is 5.91 Å². The Hall–Kier alpha value is -3.35. The highest BCUT2D eigenvalue weighted by Gasteiger charge is 2.23. The molecule has 1 aromatic heterocycles. The van der Waals surface area contributed by atoms with E-state index in [-0.39, 0.29) is 23.6 Å². The molecular formula is C24H27FN4O2. The zero-order chi connectivity index (χ0) is 21.8. The van der Waals surface area contributed by atoms with Crippen molar-refractivity contribution in [3.8, 4) is 5.75 Å². The van der Waals surface area contributed by atoms with Gasteiger partial charge in [-0.05, 0) is 44.4 Å². The number of ether oxygens (including phenoxy) is 1. The molecule has 1 amide bonds. The summed E-state index contributed by atoms with van der Waals surface area (Å²) in [6.45, 7) is 2.24. The third-order valence-corrected chi connectivity index (χ3v) is 5.52. The van der Waals surface area contributed by atoms with Crippen LogP contribution in [0.3, 0.4) is 0 Å². The van der Waals surface area contributed by atoms with Crippen molar-refractivity contribution >= 4 is 17.4 Å². The van der Waals surface area contributed by atoms with Gasteiger partial charge in [-0.2, -0.15) is 0 Å². The standard InChI is InChI=1S/C24H27FN4O2/c1-3-17(14-26-24(30)16-12-13-29(2)15-16)27-22-11-10-20(28-22)19-8-5-9-21(23(19)25)31-18-6-4-7-18/h3,5,8-10,12-13,15,18H,4,6-7,11,14H2,1-2H3,(H,26,30)(H,27,28)/b17-3-. The Morgan fingerprint density at radius 2 is 2.19 bits per heavy atom. The second-order valence-corrected chi connectivity index (χ2v) is 7.83. The van der Waals surface area contributed by atoms with Gasteiger partial charge < -0.3 is 19.9 Å². The lowest BCUT2D eigenvalue weighted by Crippen LogP contribution is -2.32. The van der Waals surface area contributed by atoms with Gasteiger partial charge in [0.15, 0.2) is 11.6 Å². The minimum atomic E-state index is -0.368. The van der Waals surface area contributed by atoms with E-state index in [9.17, 15) is 9.18 Å². The summed E-state index contributed by atoms with van der Waals surface area (Å²) in [5.41, 5.74) is 2.45. The number of aryl methyl sites for hydroxylation is 1. The summed E-state index contributed by atoms with van der Waals surface area (Å²) >= 11 is 0. The fourth-order valence-electron chi connectivity index (χ4n) is 3.47. The third kappa shape index (κ3) is 4.87. The van der Waals surface area contributed by atoms with Crippen LogP contribution >= 0.6 is 0 Å². The minimum Gasteiger partial charge on any atom is -0.487 e. The van der Waals surface area contributed by atoms with Gasteiger partial charge in [-0.3, -0.25) is 4.79 Å². The molecule has 1 aromatic carbocycles. The normalized spacial score (nSPS) is 16.4. The Bertz CT molecular complexity index is 1060. The van der Waals surface area contributed by atoms with Gasteiger partial charge in [-0.25, -0.2) is 9.38 Å². The number of hydrogen-bond acceptors (Lipinski definition) is 4. The zero-order valence-corrected chi connectivity index (χ0v) is 17.8. The predicted octanol–water partition coefficient (Wildman–Crippen LogP) is 4.16. The van der Waals surface area contributed by atoms with Crippen LogP contribution < -0.4 is 15.4 Å². The van der Waals surface area contributed by atoms with E-state index in [1.54, 1.807) is 30.5 Å². The summed E-state index contributed by atoms with van der Waals surface area (Å²) in [5, 5.41) is 6.14. The van der Waals surface area contributed by atoms with Crippen LogP contribution in [-0.4, -0.2) is 29.0 Å². The highest BCUT2D eigenvalue weighted by Crippen LogP contribution is 2.32. The fraction of sp³-hybridized carbons (Fsp3) is 0.333. The number of nitrogens with zero attached hydrogens (tertiary/aromatic N) is 2. The van der Waals surface area contributed by atoms with Gasteiger partial charge in [-0.15, -0.1) is 0 Å². The van der Waals surface area contributed by atoms with E-state index >= 15 is 0 Å². The highest BCUT2D eigenvalue weighted by molar-refractivity contribution is 5.96. The summed E-state index contributed by atoms with van der Waals surface area (Å²) < 4.78 is 22.6. The summed E-state index contributed by atoms with van der Waals surface area (Å²) in [6, 6.07) is 6.96. The van der Waals surface area contributed by atoms with E-state index in [2.05, 4.69) is 15.6 Å². The number of carbonyl (C=O) groups excluding carboxylic acids is 1. The van der Waals surface area contributed by atoms with Crippen molar-refractivity contribution in [2.45, 2.75) is 38.7 Å². The van der Waals surface area contributed by atoms with Crippen molar-refractivity contribution in [3.63, 3.8) is 0 Å².